The van der Waals surface area contributed by atoms with Gasteiger partial charge in [-0.05, 0) is 32.4 Å². The SMILES string of the molecule is CCO[Si](CC)(CCCC(=O)O)OCC. The van der Waals surface area contributed by atoms with Crippen LogP contribution < -0.4 is 0 Å². The number of carboxylic acids is 1. The first-order valence-electron chi connectivity index (χ1n) is 5.60. The highest BCUT2D eigenvalue weighted by Crippen LogP contribution is 2.21. The van der Waals surface area contributed by atoms with Crippen molar-refractivity contribution in [1.29, 1.82) is 0 Å². The van der Waals surface area contributed by atoms with Gasteiger partial charge in [-0.15, -0.1) is 0 Å². The van der Waals surface area contributed by atoms with E-state index in [1.54, 1.807) is 0 Å². The highest BCUT2D eigenvalue weighted by Gasteiger charge is 2.34. The summed E-state index contributed by atoms with van der Waals surface area (Å²) in [6.45, 7) is 7.25. The monoisotopic (exact) mass is 234 g/mol. The maximum absolute atomic E-state index is 10.4. The number of carboxylic acid groups (broad SMARTS) is 1. The molecule has 0 atom stereocenters. The number of aliphatic carboxylic acids is 1. The van der Waals surface area contributed by atoms with Gasteiger partial charge in [-0.3, -0.25) is 4.79 Å². The minimum Gasteiger partial charge on any atom is -0.481 e. The zero-order chi connectivity index (χ0) is 11.7. The van der Waals surface area contributed by atoms with Crippen molar-refractivity contribution in [2.75, 3.05) is 13.2 Å². The molecule has 15 heavy (non-hydrogen) atoms. The number of hydrogen-bond acceptors (Lipinski definition) is 3. The van der Waals surface area contributed by atoms with E-state index in [4.69, 9.17) is 14.0 Å². The summed E-state index contributed by atoms with van der Waals surface area (Å²) in [7, 11) is -2.10. The van der Waals surface area contributed by atoms with Crippen molar-refractivity contribution in [3.8, 4) is 0 Å². The second-order valence-electron chi connectivity index (χ2n) is 3.38. The third kappa shape index (κ3) is 5.91. The molecular formula is C10H22O4Si. The van der Waals surface area contributed by atoms with E-state index in [0.29, 0.717) is 19.6 Å². The fourth-order valence-electron chi connectivity index (χ4n) is 1.60. The molecule has 0 heterocycles. The Labute approximate surface area is 92.8 Å². The topological polar surface area (TPSA) is 55.8 Å². The molecular weight excluding hydrogens is 212 g/mol. The van der Waals surface area contributed by atoms with Crippen LogP contribution in [0, 0.1) is 0 Å². The Morgan fingerprint density at radius 2 is 1.73 bits per heavy atom. The number of carbonyl (C=O) groups is 1. The molecule has 0 aromatic rings. The van der Waals surface area contributed by atoms with Gasteiger partial charge >= 0.3 is 14.5 Å². The molecule has 0 rings (SSSR count). The van der Waals surface area contributed by atoms with E-state index in [9.17, 15) is 4.79 Å². The number of rotatable bonds is 9. The Morgan fingerprint density at radius 1 is 1.20 bits per heavy atom. The van der Waals surface area contributed by atoms with E-state index < -0.39 is 14.5 Å². The van der Waals surface area contributed by atoms with E-state index in [0.717, 1.165) is 12.1 Å². The van der Waals surface area contributed by atoms with Gasteiger partial charge in [-0.25, -0.2) is 0 Å². The van der Waals surface area contributed by atoms with Crippen molar-refractivity contribution in [3.63, 3.8) is 0 Å². The van der Waals surface area contributed by atoms with Crippen LogP contribution in [0.25, 0.3) is 0 Å². The first kappa shape index (κ1) is 14.6. The molecule has 0 radical (unpaired) electrons. The molecule has 0 aliphatic heterocycles. The largest absolute Gasteiger partial charge is 0.481 e. The highest BCUT2D eigenvalue weighted by atomic mass is 28.4. The Balaban J connectivity index is 4.13. The van der Waals surface area contributed by atoms with E-state index in [1.807, 2.05) is 13.8 Å². The molecule has 0 unspecified atom stereocenters. The summed E-state index contributed by atoms with van der Waals surface area (Å²) in [4.78, 5) is 10.4. The lowest BCUT2D eigenvalue weighted by atomic mass is 10.3. The Morgan fingerprint density at radius 3 is 2.07 bits per heavy atom. The molecule has 0 saturated carbocycles. The molecule has 0 saturated heterocycles. The minimum atomic E-state index is -2.10. The summed E-state index contributed by atoms with van der Waals surface area (Å²) in [6, 6.07) is 1.66. The quantitative estimate of drug-likeness (QED) is 0.622. The van der Waals surface area contributed by atoms with Crippen LogP contribution in [0.5, 0.6) is 0 Å². The fraction of sp³-hybridized carbons (Fsp3) is 0.900. The van der Waals surface area contributed by atoms with Gasteiger partial charge < -0.3 is 14.0 Å². The second-order valence-corrected chi connectivity index (χ2v) is 6.98. The third-order valence-electron chi connectivity index (χ3n) is 2.30. The second kappa shape index (κ2) is 7.84. The lowest BCUT2D eigenvalue weighted by molar-refractivity contribution is -0.137. The zero-order valence-corrected chi connectivity index (χ0v) is 10.9. The van der Waals surface area contributed by atoms with Crippen LogP contribution in [-0.2, 0) is 13.6 Å². The molecule has 4 nitrogen and oxygen atoms in total. The summed E-state index contributed by atoms with van der Waals surface area (Å²) >= 11 is 0. The van der Waals surface area contributed by atoms with Gasteiger partial charge in [0.2, 0.25) is 0 Å². The molecule has 0 aromatic carbocycles. The van der Waals surface area contributed by atoms with Crippen molar-refractivity contribution in [1.82, 2.24) is 0 Å². The lowest BCUT2D eigenvalue weighted by Gasteiger charge is -2.28. The molecule has 0 spiro atoms. The van der Waals surface area contributed by atoms with Crippen molar-refractivity contribution in [2.24, 2.45) is 0 Å². The lowest BCUT2D eigenvalue weighted by Crippen LogP contribution is -2.41. The predicted octanol–water partition coefficient (Wildman–Crippen LogP) is 2.39. The Bertz CT molecular complexity index is 178. The summed E-state index contributed by atoms with van der Waals surface area (Å²) in [5.74, 6) is -0.748. The van der Waals surface area contributed by atoms with Crippen LogP contribution >= 0.6 is 0 Å². The fourth-order valence-corrected chi connectivity index (χ4v) is 4.50. The van der Waals surface area contributed by atoms with Gasteiger partial charge in [-0.1, -0.05) is 6.92 Å². The van der Waals surface area contributed by atoms with Crippen molar-refractivity contribution >= 4 is 14.5 Å². The van der Waals surface area contributed by atoms with Crippen LogP contribution in [0.1, 0.15) is 33.6 Å². The Kier molecular flexibility index (Phi) is 7.64. The molecule has 0 aliphatic carbocycles. The first-order chi connectivity index (χ1) is 7.10. The van der Waals surface area contributed by atoms with Crippen molar-refractivity contribution < 1.29 is 18.8 Å². The minimum absolute atomic E-state index is 0.203. The van der Waals surface area contributed by atoms with Gasteiger partial charge in [0.15, 0.2) is 0 Å². The molecule has 0 amide bonds. The summed E-state index contributed by atoms with van der Waals surface area (Å²) in [6.07, 6.45) is 0.851. The van der Waals surface area contributed by atoms with Crippen LogP contribution in [-0.4, -0.2) is 32.9 Å². The molecule has 90 valence electrons. The van der Waals surface area contributed by atoms with Gasteiger partial charge in [0.05, 0.1) is 0 Å². The number of hydrogen-bond donors (Lipinski definition) is 1. The van der Waals surface area contributed by atoms with Crippen LogP contribution in [0.15, 0.2) is 0 Å². The maximum atomic E-state index is 10.4. The van der Waals surface area contributed by atoms with Crippen LogP contribution in [0.2, 0.25) is 12.1 Å². The van der Waals surface area contributed by atoms with E-state index in [-0.39, 0.29) is 6.42 Å². The van der Waals surface area contributed by atoms with E-state index >= 15 is 0 Å². The Hall–Kier alpha value is -0.393. The van der Waals surface area contributed by atoms with Crippen molar-refractivity contribution in [3.05, 3.63) is 0 Å². The van der Waals surface area contributed by atoms with Gasteiger partial charge in [-0.2, -0.15) is 0 Å². The summed E-state index contributed by atoms with van der Waals surface area (Å²) in [5, 5.41) is 8.58. The summed E-state index contributed by atoms with van der Waals surface area (Å²) < 4.78 is 11.4. The van der Waals surface area contributed by atoms with Gasteiger partial charge in [0.25, 0.3) is 0 Å². The standard InChI is InChI=1S/C10H22O4Si/c1-4-13-15(6-3,14-5-2)9-7-8-10(11)12/h4-9H2,1-3H3,(H,11,12). The van der Waals surface area contributed by atoms with Crippen molar-refractivity contribution in [2.45, 2.75) is 45.7 Å². The predicted molar refractivity (Wildman–Crippen MR) is 61.2 cm³/mol. The molecule has 0 aliphatic rings. The molecule has 0 bridgehead atoms. The zero-order valence-electron chi connectivity index (χ0n) is 9.91. The molecule has 0 aromatic heterocycles. The van der Waals surface area contributed by atoms with Gasteiger partial charge in [0.1, 0.15) is 0 Å². The molecule has 0 fully saturated rings. The normalized spacial score (nSPS) is 11.7. The molecule has 1 N–H and O–H groups in total. The summed E-state index contributed by atoms with van der Waals surface area (Å²) in [5.41, 5.74) is 0. The van der Waals surface area contributed by atoms with E-state index in [2.05, 4.69) is 6.92 Å². The average Bonchev–Trinajstić information content (AvgIpc) is 2.17. The average molecular weight is 234 g/mol. The third-order valence-corrected chi connectivity index (χ3v) is 6.12. The van der Waals surface area contributed by atoms with Gasteiger partial charge in [0, 0.05) is 19.6 Å². The maximum Gasteiger partial charge on any atom is 0.337 e. The smallest absolute Gasteiger partial charge is 0.337 e. The van der Waals surface area contributed by atoms with E-state index in [1.165, 1.54) is 0 Å². The first-order valence-corrected chi connectivity index (χ1v) is 7.83. The van der Waals surface area contributed by atoms with Crippen LogP contribution in [0.3, 0.4) is 0 Å². The van der Waals surface area contributed by atoms with Crippen LogP contribution in [0.4, 0.5) is 0 Å². The highest BCUT2D eigenvalue weighted by molar-refractivity contribution is 6.67. The molecule has 5 heteroatoms.